The molecule has 0 unspecified atom stereocenters. The molecule has 0 saturated heterocycles. The zero-order valence-corrected chi connectivity index (χ0v) is 6.20. The number of halogens is 2. The van der Waals surface area contributed by atoms with Crippen molar-refractivity contribution in [2.75, 3.05) is 7.04 Å². The van der Waals surface area contributed by atoms with Crippen LogP contribution < -0.4 is 4.74 Å². The van der Waals surface area contributed by atoms with Crippen molar-refractivity contribution in [2.45, 2.75) is 0 Å². The Kier molecular flexibility index (Phi) is 0.940. The molecule has 1 aromatic heterocycles. The lowest BCUT2D eigenvalue weighted by atomic mass is 10.5. The minimum atomic E-state index is -2.78. The van der Waals surface area contributed by atoms with Crippen molar-refractivity contribution in [3.05, 3.63) is 22.5 Å². The van der Waals surface area contributed by atoms with Gasteiger partial charge in [-0.05, 0) is 22.0 Å². The van der Waals surface area contributed by atoms with Crippen molar-refractivity contribution in [3.63, 3.8) is 0 Å². The molecule has 0 aliphatic rings. The van der Waals surface area contributed by atoms with Crippen LogP contribution >= 0.6 is 15.9 Å². The number of rotatable bonds is 1. The highest BCUT2D eigenvalue weighted by Crippen LogP contribution is 2.23. The van der Waals surface area contributed by atoms with E-state index < -0.39 is 31.0 Å². The lowest BCUT2D eigenvalue weighted by molar-refractivity contribution is 0.390. The third kappa shape index (κ3) is 1.26. The molecule has 0 spiro atoms. The molecule has 4 heteroatoms. The molecule has 2 nitrogen and oxygen atoms in total. The molecule has 0 radical (unpaired) electrons. The van der Waals surface area contributed by atoms with E-state index in [0.29, 0.717) is 0 Å². The lowest BCUT2D eigenvalue weighted by Crippen LogP contribution is -1.89. The van der Waals surface area contributed by atoms with Crippen LogP contribution in [0, 0.1) is 5.82 Å². The van der Waals surface area contributed by atoms with Gasteiger partial charge in [0.1, 0.15) is 10.3 Å². The highest BCUT2D eigenvalue weighted by atomic mass is 79.9. The summed E-state index contributed by atoms with van der Waals surface area (Å²) < 4.78 is 51.6. The van der Waals surface area contributed by atoms with E-state index in [1.54, 1.807) is 0 Å². The topological polar surface area (TPSA) is 22.1 Å². The minimum absolute atomic E-state index is 0.375. The summed E-state index contributed by atoms with van der Waals surface area (Å²) in [6, 6.07) is -0.722. The Hall–Kier alpha value is -0.640. The Labute approximate surface area is 73.2 Å². The van der Waals surface area contributed by atoms with Crippen LogP contribution in [0.15, 0.2) is 16.7 Å². The van der Waals surface area contributed by atoms with Gasteiger partial charge in [0.05, 0.1) is 13.9 Å². The molecular formula is C6H5BrFNO. The monoisotopic (exact) mass is 210 g/mol. The van der Waals surface area contributed by atoms with Crippen LogP contribution in [0.2, 0.25) is 0 Å². The van der Waals surface area contributed by atoms with Crippen molar-refractivity contribution in [1.29, 1.82) is 0 Å². The fourth-order valence-corrected chi connectivity index (χ4v) is 0.662. The predicted octanol–water partition coefficient (Wildman–Crippen LogP) is 1.99. The van der Waals surface area contributed by atoms with E-state index in [1.165, 1.54) is 0 Å². The highest BCUT2D eigenvalue weighted by Gasteiger charge is 2.04. The van der Waals surface area contributed by atoms with E-state index >= 15 is 0 Å². The predicted molar refractivity (Wildman–Crippen MR) is 38.4 cm³/mol. The van der Waals surface area contributed by atoms with Gasteiger partial charge in [-0.15, -0.1) is 0 Å². The van der Waals surface area contributed by atoms with Crippen molar-refractivity contribution < 1.29 is 16.0 Å². The van der Waals surface area contributed by atoms with Crippen LogP contribution in [0.3, 0.4) is 0 Å². The molecule has 54 valence electrons. The average Bonchev–Trinajstić information content (AvgIpc) is 2.08. The second kappa shape index (κ2) is 2.96. The normalized spacial score (nSPS) is 18.0. The van der Waals surface area contributed by atoms with Crippen molar-refractivity contribution in [1.82, 2.24) is 4.98 Å². The number of aromatic nitrogens is 1. The van der Waals surface area contributed by atoms with E-state index in [0.717, 1.165) is 0 Å². The molecular weight excluding hydrogens is 201 g/mol. The third-order valence-corrected chi connectivity index (χ3v) is 1.49. The maximum atomic E-state index is 13.2. The molecule has 0 aliphatic heterocycles. The summed E-state index contributed by atoms with van der Waals surface area (Å²) in [5, 5.41) is 0. The van der Waals surface area contributed by atoms with E-state index in [1.807, 2.05) is 0 Å². The first-order chi connectivity index (χ1) is 6.72. The Morgan fingerprint density at radius 2 is 2.80 bits per heavy atom. The number of hydrogen-bond donors (Lipinski definition) is 0. The van der Waals surface area contributed by atoms with Crippen molar-refractivity contribution >= 4 is 15.9 Å². The summed E-state index contributed by atoms with van der Waals surface area (Å²) in [4.78, 5) is 3.33. The van der Waals surface area contributed by atoms with Crippen molar-refractivity contribution in [3.8, 4) is 5.88 Å². The Morgan fingerprint density at radius 1 is 2.00 bits per heavy atom. The van der Waals surface area contributed by atoms with Gasteiger partial charge in [-0.25, -0.2) is 9.37 Å². The van der Waals surface area contributed by atoms with Gasteiger partial charge in [-0.3, -0.25) is 0 Å². The Bertz CT molecular complexity index is 396. The number of pyridine rings is 1. The van der Waals surface area contributed by atoms with Crippen LogP contribution in [0.25, 0.3) is 0 Å². The van der Waals surface area contributed by atoms with Gasteiger partial charge in [0.15, 0.2) is 0 Å². The number of ether oxygens (including phenoxy) is 1. The Morgan fingerprint density at radius 3 is 3.50 bits per heavy atom. The third-order valence-electron chi connectivity index (χ3n) is 0.800. The summed E-state index contributed by atoms with van der Waals surface area (Å²) in [7, 11) is -2.78. The zero-order valence-electron chi connectivity index (χ0n) is 9.61. The number of methoxy groups -OCH3 is 1. The molecule has 0 N–H and O–H groups in total. The van der Waals surface area contributed by atoms with Gasteiger partial charge in [-0.2, -0.15) is 0 Å². The maximum absolute atomic E-state index is 13.2. The van der Waals surface area contributed by atoms with Gasteiger partial charge in [0.25, 0.3) is 0 Å². The second-order valence-corrected chi connectivity index (χ2v) is 2.18. The fourth-order valence-electron chi connectivity index (χ4n) is 0.393. The molecule has 0 fully saturated rings. The van der Waals surface area contributed by atoms with Gasteiger partial charge >= 0.3 is 0 Å². The van der Waals surface area contributed by atoms with E-state index in [4.69, 9.17) is 6.85 Å². The molecule has 0 atom stereocenters. The molecule has 0 bridgehead atoms. The number of hydrogen-bond acceptors (Lipinski definition) is 2. The molecule has 0 saturated carbocycles. The lowest BCUT2D eigenvalue weighted by Gasteiger charge is -1.99. The van der Waals surface area contributed by atoms with Gasteiger partial charge in [0.2, 0.25) is 5.88 Å². The smallest absolute Gasteiger partial charge is 0.230 e. The van der Waals surface area contributed by atoms with Gasteiger partial charge in [-0.1, -0.05) is 0 Å². The van der Waals surface area contributed by atoms with Crippen LogP contribution in [0.5, 0.6) is 5.88 Å². The largest absolute Gasteiger partial charge is 0.480 e. The molecule has 1 heterocycles. The molecule has 0 amide bonds. The zero-order chi connectivity index (χ0) is 11.8. The Balaban J connectivity index is 3.21. The van der Waals surface area contributed by atoms with E-state index in [-0.39, 0.29) is 4.47 Å². The van der Waals surface area contributed by atoms with Crippen LogP contribution in [-0.4, -0.2) is 12.0 Å². The summed E-state index contributed by atoms with van der Waals surface area (Å²) in [5.74, 6) is -1.64. The maximum Gasteiger partial charge on any atom is 0.230 e. The summed E-state index contributed by atoms with van der Waals surface area (Å²) >= 11 is 2.70. The van der Waals surface area contributed by atoms with Crippen LogP contribution in [0.1, 0.15) is 6.85 Å². The molecule has 0 aromatic carbocycles. The van der Waals surface area contributed by atoms with Crippen LogP contribution in [-0.2, 0) is 0 Å². The molecule has 10 heavy (non-hydrogen) atoms. The van der Waals surface area contributed by atoms with Gasteiger partial charge in [0, 0.05) is 6.17 Å². The fraction of sp³-hybridized carbons (Fsp3) is 0.167. The summed E-state index contributed by atoms with van der Waals surface area (Å²) in [5.41, 5.74) is 0. The molecule has 1 aromatic rings. The average molecular weight is 211 g/mol. The first-order valence-corrected chi connectivity index (χ1v) is 3.03. The summed E-state index contributed by atoms with van der Waals surface area (Å²) in [6.07, 6.45) is -0.685. The van der Waals surface area contributed by atoms with Crippen LogP contribution in [0.4, 0.5) is 4.39 Å². The first-order valence-electron chi connectivity index (χ1n) is 4.73. The standard InChI is InChI=1S/C6H5BrFNO/c1-10-6-5(7)4(8)2-3-9-6/h2-3H,1H3/i1D3,2D,3D. The first kappa shape index (κ1) is 3.17. The number of nitrogens with zero attached hydrogens (tertiary/aromatic N) is 1. The van der Waals surface area contributed by atoms with Gasteiger partial charge < -0.3 is 4.74 Å². The van der Waals surface area contributed by atoms with E-state index in [9.17, 15) is 4.39 Å². The SMILES string of the molecule is [2H]c1nc(OC([2H])([2H])[2H])c(Br)c(F)c1[2H]. The summed E-state index contributed by atoms with van der Waals surface area (Å²) in [6.45, 7) is 0. The van der Waals surface area contributed by atoms with Crippen molar-refractivity contribution in [2.24, 2.45) is 0 Å². The quantitative estimate of drug-likeness (QED) is 0.708. The molecule has 0 aliphatic carbocycles. The minimum Gasteiger partial charge on any atom is -0.480 e. The van der Waals surface area contributed by atoms with E-state index in [2.05, 4.69) is 25.7 Å². The second-order valence-electron chi connectivity index (χ2n) is 1.38. The molecule has 1 rings (SSSR count). The highest BCUT2D eigenvalue weighted by molar-refractivity contribution is 9.10.